The van der Waals surface area contributed by atoms with Gasteiger partial charge in [-0.15, -0.1) is 11.3 Å². The molecule has 3 aliphatic heterocycles. The summed E-state index contributed by atoms with van der Waals surface area (Å²) >= 11 is 7.14. The van der Waals surface area contributed by atoms with E-state index in [1.165, 1.54) is 22.3 Å². The quantitative estimate of drug-likeness (QED) is 0.0339. The van der Waals surface area contributed by atoms with Gasteiger partial charge in [-0.1, -0.05) is 44.2 Å². The number of fused-ring (bicyclic) bond motifs is 1. The Bertz CT molecular complexity index is 3170. The van der Waals surface area contributed by atoms with Crippen LogP contribution in [0.4, 0.5) is 24.5 Å². The van der Waals surface area contributed by atoms with Crippen LogP contribution in [0.1, 0.15) is 91.7 Å². The lowest BCUT2D eigenvalue weighted by Crippen LogP contribution is -2.55. The minimum Gasteiger partial charge on any atom is -0.491 e. The third kappa shape index (κ3) is 15.1. The number of nitriles is 1. The number of aryl methyl sites for hydroxylation is 1. The molecule has 5 aromatic rings. The lowest BCUT2D eigenvalue weighted by Gasteiger charge is -2.35. The molecule has 3 aliphatic rings. The fraction of sp³-hybridized carbons (Fsp3) is 0.459. The van der Waals surface area contributed by atoms with E-state index in [9.17, 15) is 42.7 Å². The summed E-state index contributed by atoms with van der Waals surface area (Å²) in [6.07, 6.45) is -2.96. The zero-order valence-corrected chi connectivity index (χ0v) is 49.3. The summed E-state index contributed by atoms with van der Waals surface area (Å²) in [6, 6.07) is 22.8. The lowest BCUT2D eigenvalue weighted by atomic mass is 10.0. The maximum absolute atomic E-state index is 14.3. The number of aliphatic hydroxyl groups excluding tert-OH is 1. The maximum Gasteiger partial charge on any atom is 0.417 e. The average Bonchev–Trinajstić information content (AvgIpc) is 3.36. The summed E-state index contributed by atoms with van der Waals surface area (Å²) in [5, 5.41) is 23.0. The van der Waals surface area contributed by atoms with E-state index in [0.717, 1.165) is 58.0 Å². The number of β-amino-alcohol motifs (C(OH)–C–C–N with tert-alkyl or cyclic N) is 1. The van der Waals surface area contributed by atoms with Gasteiger partial charge in [0.05, 0.1) is 84.7 Å². The Labute approximate surface area is 496 Å². The number of anilines is 2. The Morgan fingerprint density at radius 2 is 1.50 bits per heavy atom. The van der Waals surface area contributed by atoms with Crippen LogP contribution in [0.3, 0.4) is 0 Å². The highest BCUT2D eigenvalue weighted by Gasteiger charge is 2.51. The van der Waals surface area contributed by atoms with Crippen molar-refractivity contribution in [1.82, 2.24) is 20.1 Å². The normalized spacial score (nSPS) is 17.1. The maximum atomic E-state index is 14.3. The van der Waals surface area contributed by atoms with Crippen molar-refractivity contribution >= 4 is 63.7 Å². The molecule has 2 saturated heterocycles. The SMILES string of the molecule is Cc1ncsc1-c1ccc(CNC(=O)[C@@H]2C[C@@H](O)CN2C(=O)[C@H](C(C)C)N2Cc3ccccc3C2=O)c(OCCOCCOCCCCCOCCOCCOc2ccc(N3C(=S)N(c4ccc(C#N)c(C(F)(F)F)c4)C(=O)C3(C)C)cc2)c1. The number of amides is 4. The van der Waals surface area contributed by atoms with Crippen LogP contribution in [0.25, 0.3) is 10.4 Å². The number of likely N-dealkylation sites (tertiary alicyclic amines) is 1. The van der Waals surface area contributed by atoms with Crippen molar-refractivity contribution in [2.75, 3.05) is 82.4 Å². The average molecular weight is 1200 g/mol. The molecule has 2 fully saturated rings. The van der Waals surface area contributed by atoms with Crippen molar-refractivity contribution in [3.05, 3.63) is 124 Å². The third-order valence-corrected chi connectivity index (χ3v) is 16.1. The molecule has 0 aliphatic carbocycles. The van der Waals surface area contributed by atoms with Gasteiger partial charge in [-0.3, -0.25) is 24.1 Å². The number of thiocarbonyl (C=S) groups is 1. The number of hydrogen-bond acceptors (Lipinski definition) is 15. The summed E-state index contributed by atoms with van der Waals surface area (Å²) in [5.41, 5.74) is 3.25. The van der Waals surface area contributed by atoms with Crippen LogP contribution in [0, 0.1) is 24.2 Å². The van der Waals surface area contributed by atoms with Crippen LogP contribution >= 0.6 is 23.6 Å². The van der Waals surface area contributed by atoms with Crippen molar-refractivity contribution < 1.29 is 65.9 Å². The van der Waals surface area contributed by atoms with Crippen LogP contribution in [0.2, 0.25) is 0 Å². The number of hydrogen-bond donors (Lipinski definition) is 2. The molecular weight excluding hydrogens is 1130 g/mol. The fourth-order valence-corrected chi connectivity index (χ4v) is 11.7. The van der Waals surface area contributed by atoms with E-state index in [1.54, 1.807) is 71.6 Å². The molecule has 4 amide bonds. The summed E-state index contributed by atoms with van der Waals surface area (Å²) < 4.78 is 76.2. The Morgan fingerprint density at radius 3 is 2.13 bits per heavy atom. The fourth-order valence-electron chi connectivity index (χ4n) is 10.4. The number of alkyl halides is 3. The molecule has 2 N–H and O–H groups in total. The second kappa shape index (κ2) is 28.7. The Morgan fingerprint density at radius 1 is 0.857 bits per heavy atom. The highest BCUT2D eigenvalue weighted by atomic mass is 32.1. The molecule has 448 valence electrons. The third-order valence-electron chi connectivity index (χ3n) is 14.7. The Balaban J connectivity index is 0.676. The number of unbranched alkanes of at least 4 members (excludes halogenated alkanes) is 2. The molecule has 3 atom stereocenters. The molecule has 8 rings (SSSR count). The van der Waals surface area contributed by atoms with Crippen molar-refractivity contribution in [2.24, 2.45) is 5.92 Å². The minimum atomic E-state index is -4.80. The van der Waals surface area contributed by atoms with Crippen LogP contribution in [0.15, 0.2) is 90.4 Å². The zero-order chi connectivity index (χ0) is 60.1. The van der Waals surface area contributed by atoms with Gasteiger partial charge in [-0.25, -0.2) is 4.98 Å². The van der Waals surface area contributed by atoms with E-state index >= 15 is 0 Å². The number of carbonyl (C=O) groups is 4. The van der Waals surface area contributed by atoms with E-state index in [1.807, 2.05) is 51.1 Å². The standard InChI is InChI=1S/C61H70F3N7O11S2/c1-39(2)53(69-36-44-11-7-8-12-49(44)56(69)74)57(75)68-37-47(72)33-51(68)55(73)66-35-43-14-13-41(54-40(3)67-38-84-54)31-52(43)82-30-28-80-26-24-78-22-10-6-9-21-77-23-25-79-27-29-81-48-19-17-45(18-20-48)71-59(83)70(58(76)60(71,4)5)46-16-15-42(34-65)50(32-46)61(62,63)64/h7-8,11-20,31-32,38-39,47,51,53,72H,6,9-10,21-30,33,35-37H2,1-5H3,(H,66,73)/t47-,51+,53+/m1/s1. The van der Waals surface area contributed by atoms with E-state index < -0.39 is 52.8 Å². The monoisotopic (exact) mass is 1200 g/mol. The minimum absolute atomic E-state index is 0.00189. The second-order valence-corrected chi connectivity index (χ2v) is 22.6. The predicted octanol–water partition coefficient (Wildman–Crippen LogP) is 8.88. The molecule has 0 radical (unpaired) electrons. The molecule has 18 nitrogen and oxygen atoms in total. The van der Waals surface area contributed by atoms with Gasteiger partial charge in [-0.05, 0) is 124 Å². The highest BCUT2D eigenvalue weighted by molar-refractivity contribution is 7.81. The molecule has 1 aromatic heterocycles. The number of rotatable bonds is 29. The smallest absolute Gasteiger partial charge is 0.417 e. The number of nitrogens with one attached hydrogen (secondary N) is 1. The van der Waals surface area contributed by atoms with Crippen molar-refractivity contribution in [3.8, 4) is 28.0 Å². The number of carbonyl (C=O) groups excluding carboxylic acids is 4. The van der Waals surface area contributed by atoms with Gasteiger partial charge in [0.2, 0.25) is 11.8 Å². The lowest BCUT2D eigenvalue weighted by molar-refractivity contribution is -0.143. The number of aliphatic hydroxyl groups is 1. The van der Waals surface area contributed by atoms with Crippen LogP contribution in [0.5, 0.6) is 11.5 Å². The van der Waals surface area contributed by atoms with E-state index in [0.29, 0.717) is 87.7 Å². The summed E-state index contributed by atoms with van der Waals surface area (Å²) in [5.74, 6) is -0.658. The van der Waals surface area contributed by atoms with Crippen LogP contribution < -0.4 is 24.6 Å². The van der Waals surface area contributed by atoms with Gasteiger partial charge in [-0.2, -0.15) is 18.4 Å². The number of halogens is 3. The Hall–Kier alpha value is -7.04. The van der Waals surface area contributed by atoms with E-state index in [2.05, 4.69) is 10.3 Å². The highest BCUT2D eigenvalue weighted by Crippen LogP contribution is 2.41. The molecule has 4 heterocycles. The summed E-state index contributed by atoms with van der Waals surface area (Å²) in [6.45, 7) is 13.3. The summed E-state index contributed by atoms with van der Waals surface area (Å²) in [4.78, 5) is 66.2. The number of thiazole rings is 1. The summed E-state index contributed by atoms with van der Waals surface area (Å²) in [7, 11) is 0. The predicted molar refractivity (Wildman–Crippen MR) is 313 cm³/mol. The van der Waals surface area contributed by atoms with E-state index in [-0.39, 0.29) is 61.3 Å². The largest absolute Gasteiger partial charge is 0.491 e. The molecule has 23 heteroatoms. The zero-order valence-electron chi connectivity index (χ0n) is 47.7. The van der Waals surface area contributed by atoms with Gasteiger partial charge >= 0.3 is 6.18 Å². The van der Waals surface area contributed by atoms with Crippen molar-refractivity contribution in [1.29, 1.82) is 5.26 Å². The first-order chi connectivity index (χ1) is 40.3. The van der Waals surface area contributed by atoms with Gasteiger partial charge in [0.1, 0.15) is 42.3 Å². The molecule has 84 heavy (non-hydrogen) atoms. The topological polar surface area (TPSA) is 206 Å². The number of nitrogens with zero attached hydrogens (tertiary/aromatic N) is 6. The van der Waals surface area contributed by atoms with Gasteiger partial charge in [0, 0.05) is 56.1 Å². The first kappa shape index (κ1) is 63.0. The molecule has 0 unspecified atom stereocenters. The van der Waals surface area contributed by atoms with Gasteiger partial charge in [0.15, 0.2) is 5.11 Å². The van der Waals surface area contributed by atoms with Gasteiger partial charge < -0.3 is 53.5 Å². The Kier molecular flexibility index (Phi) is 21.5. The van der Waals surface area contributed by atoms with Gasteiger partial charge in [0.25, 0.3) is 11.8 Å². The second-order valence-electron chi connectivity index (χ2n) is 21.3. The first-order valence-corrected chi connectivity index (χ1v) is 29.2. The number of aromatic nitrogens is 1. The van der Waals surface area contributed by atoms with E-state index in [4.69, 9.17) is 40.6 Å². The van der Waals surface area contributed by atoms with Crippen LogP contribution in [-0.4, -0.2) is 145 Å². The van der Waals surface area contributed by atoms with Crippen molar-refractivity contribution in [2.45, 2.75) is 103 Å². The molecule has 0 bridgehead atoms. The first-order valence-electron chi connectivity index (χ1n) is 27.9. The molecule has 4 aromatic carbocycles. The molecule has 0 spiro atoms. The number of benzene rings is 4. The molecule has 0 saturated carbocycles. The molecular formula is C61H70F3N7O11S2. The van der Waals surface area contributed by atoms with Crippen LogP contribution in [-0.2, 0) is 52.6 Å². The van der Waals surface area contributed by atoms with Crippen molar-refractivity contribution in [3.63, 3.8) is 0 Å². The number of ether oxygens (including phenoxy) is 6.